The average molecular weight is 206 g/mol. The number of halogens is 1. The van der Waals surface area contributed by atoms with Crippen molar-refractivity contribution in [2.75, 3.05) is 7.05 Å². The van der Waals surface area contributed by atoms with E-state index in [9.17, 15) is 0 Å². The standard InChI is InChI=1S/C9H15NS.ClH/c1-7(10-3)6-9-5-4-8(2)11-9;/h4-5,7,10H,6H2,1-3H3;1H. The molecule has 1 aromatic heterocycles. The molecule has 1 nitrogen and oxygen atoms in total. The Bertz CT molecular complexity index is 222. The van der Waals surface area contributed by atoms with E-state index in [1.165, 1.54) is 9.75 Å². The zero-order valence-electron chi connectivity index (χ0n) is 7.76. The number of thiophene rings is 1. The molecule has 0 aliphatic carbocycles. The number of hydrogen-bond acceptors (Lipinski definition) is 2. The molecular formula is C9H16ClNS. The second kappa shape index (κ2) is 5.57. The Morgan fingerprint density at radius 1 is 1.50 bits per heavy atom. The highest BCUT2D eigenvalue weighted by molar-refractivity contribution is 7.11. The molecule has 0 aliphatic heterocycles. The van der Waals surface area contributed by atoms with E-state index in [2.05, 4.69) is 31.3 Å². The summed E-state index contributed by atoms with van der Waals surface area (Å²) in [5, 5.41) is 3.23. The van der Waals surface area contributed by atoms with Crippen molar-refractivity contribution >= 4 is 23.7 Å². The Kier molecular flexibility index (Phi) is 5.55. The molecule has 0 aliphatic rings. The molecule has 0 spiro atoms. The average Bonchev–Trinajstić information content (AvgIpc) is 2.35. The van der Waals surface area contributed by atoms with Crippen LogP contribution in [0.5, 0.6) is 0 Å². The summed E-state index contributed by atoms with van der Waals surface area (Å²) in [5.74, 6) is 0. The van der Waals surface area contributed by atoms with Gasteiger partial charge in [0.1, 0.15) is 0 Å². The second-order valence-electron chi connectivity index (χ2n) is 2.91. The lowest BCUT2D eigenvalue weighted by Crippen LogP contribution is -2.22. The van der Waals surface area contributed by atoms with Gasteiger partial charge in [0.15, 0.2) is 0 Å². The maximum atomic E-state index is 3.23. The molecule has 3 heteroatoms. The molecule has 0 saturated heterocycles. The SMILES string of the molecule is CNC(C)Cc1ccc(C)s1.Cl. The predicted octanol–water partition coefficient (Wildman–Crippen LogP) is 2.63. The van der Waals surface area contributed by atoms with Gasteiger partial charge in [0.05, 0.1) is 0 Å². The van der Waals surface area contributed by atoms with E-state index in [4.69, 9.17) is 0 Å². The number of nitrogens with one attached hydrogen (secondary N) is 1. The van der Waals surface area contributed by atoms with E-state index in [0.717, 1.165) is 6.42 Å². The van der Waals surface area contributed by atoms with E-state index in [0.29, 0.717) is 6.04 Å². The summed E-state index contributed by atoms with van der Waals surface area (Å²) in [6, 6.07) is 4.99. The van der Waals surface area contributed by atoms with E-state index in [1.807, 2.05) is 18.4 Å². The van der Waals surface area contributed by atoms with Crippen LogP contribution >= 0.6 is 23.7 Å². The summed E-state index contributed by atoms with van der Waals surface area (Å²) < 4.78 is 0. The first kappa shape index (κ1) is 11.9. The number of rotatable bonds is 3. The van der Waals surface area contributed by atoms with E-state index in [-0.39, 0.29) is 12.4 Å². The Morgan fingerprint density at radius 2 is 2.17 bits per heavy atom. The van der Waals surface area contributed by atoms with Gasteiger partial charge in [-0.25, -0.2) is 0 Å². The summed E-state index contributed by atoms with van der Waals surface area (Å²) in [7, 11) is 2.01. The van der Waals surface area contributed by atoms with Gasteiger partial charge in [-0.1, -0.05) is 0 Å². The summed E-state index contributed by atoms with van der Waals surface area (Å²) in [6.07, 6.45) is 1.15. The van der Waals surface area contributed by atoms with Crippen LogP contribution in [0.25, 0.3) is 0 Å². The molecule has 0 radical (unpaired) electrons. The van der Waals surface area contributed by atoms with Crippen LogP contribution in [0.1, 0.15) is 16.7 Å². The van der Waals surface area contributed by atoms with Gasteiger partial charge in [0.2, 0.25) is 0 Å². The van der Waals surface area contributed by atoms with Gasteiger partial charge in [-0.05, 0) is 39.4 Å². The molecule has 0 amide bonds. The van der Waals surface area contributed by atoms with Gasteiger partial charge in [0.25, 0.3) is 0 Å². The van der Waals surface area contributed by atoms with E-state index in [1.54, 1.807) is 0 Å². The van der Waals surface area contributed by atoms with Crippen LogP contribution in [-0.4, -0.2) is 13.1 Å². The minimum Gasteiger partial charge on any atom is -0.317 e. The molecule has 0 aromatic carbocycles. The molecule has 1 N–H and O–H groups in total. The Hall–Kier alpha value is -0.0500. The van der Waals surface area contributed by atoms with Crippen LogP contribution < -0.4 is 5.32 Å². The maximum absolute atomic E-state index is 3.23. The second-order valence-corrected chi connectivity index (χ2v) is 4.28. The lowest BCUT2D eigenvalue weighted by Gasteiger charge is -2.06. The van der Waals surface area contributed by atoms with E-state index >= 15 is 0 Å². The molecule has 1 atom stereocenters. The first-order valence-corrected chi connectivity index (χ1v) is 4.76. The molecule has 70 valence electrons. The van der Waals surface area contributed by atoms with Crippen molar-refractivity contribution in [1.29, 1.82) is 0 Å². The van der Waals surface area contributed by atoms with Crippen molar-refractivity contribution < 1.29 is 0 Å². The van der Waals surface area contributed by atoms with Crippen molar-refractivity contribution in [2.45, 2.75) is 26.3 Å². The smallest absolute Gasteiger partial charge is 0.00840 e. The van der Waals surface area contributed by atoms with Gasteiger partial charge in [0, 0.05) is 15.8 Å². The molecule has 0 bridgehead atoms. The Labute approximate surface area is 84.6 Å². The fourth-order valence-corrected chi connectivity index (χ4v) is 2.02. The lowest BCUT2D eigenvalue weighted by molar-refractivity contribution is 0.613. The molecular weight excluding hydrogens is 190 g/mol. The van der Waals surface area contributed by atoms with Crippen molar-refractivity contribution in [3.8, 4) is 0 Å². The summed E-state index contributed by atoms with van der Waals surface area (Å²) >= 11 is 1.89. The normalized spacial score (nSPS) is 12.2. The molecule has 0 saturated carbocycles. The highest BCUT2D eigenvalue weighted by atomic mass is 35.5. The number of likely N-dealkylation sites (N-methyl/N-ethyl adjacent to an activating group) is 1. The summed E-state index contributed by atoms with van der Waals surface area (Å²) in [4.78, 5) is 2.88. The first-order valence-electron chi connectivity index (χ1n) is 3.95. The molecule has 0 fully saturated rings. The fraction of sp³-hybridized carbons (Fsp3) is 0.556. The highest BCUT2D eigenvalue weighted by Gasteiger charge is 2.01. The first-order chi connectivity index (χ1) is 5.22. The van der Waals surface area contributed by atoms with Gasteiger partial charge >= 0.3 is 0 Å². The monoisotopic (exact) mass is 205 g/mol. The van der Waals surface area contributed by atoms with Crippen LogP contribution in [0.4, 0.5) is 0 Å². The van der Waals surface area contributed by atoms with Gasteiger partial charge in [-0.2, -0.15) is 0 Å². The van der Waals surface area contributed by atoms with E-state index < -0.39 is 0 Å². The van der Waals surface area contributed by atoms with Gasteiger partial charge < -0.3 is 5.32 Å². The third kappa shape index (κ3) is 3.57. The lowest BCUT2D eigenvalue weighted by atomic mass is 10.2. The van der Waals surface area contributed by atoms with Crippen LogP contribution in [0.3, 0.4) is 0 Å². The summed E-state index contributed by atoms with van der Waals surface area (Å²) in [6.45, 7) is 4.35. The van der Waals surface area contributed by atoms with Crippen molar-refractivity contribution in [3.05, 3.63) is 21.9 Å². The third-order valence-electron chi connectivity index (χ3n) is 1.80. The molecule has 1 heterocycles. The van der Waals surface area contributed by atoms with Crippen LogP contribution in [0.15, 0.2) is 12.1 Å². The van der Waals surface area contributed by atoms with Crippen LogP contribution in [-0.2, 0) is 6.42 Å². The largest absolute Gasteiger partial charge is 0.317 e. The highest BCUT2D eigenvalue weighted by Crippen LogP contribution is 2.16. The minimum absolute atomic E-state index is 0. The van der Waals surface area contributed by atoms with Crippen LogP contribution in [0.2, 0.25) is 0 Å². The van der Waals surface area contributed by atoms with Crippen LogP contribution in [0, 0.1) is 6.92 Å². The topological polar surface area (TPSA) is 12.0 Å². The number of aryl methyl sites for hydroxylation is 1. The van der Waals surface area contributed by atoms with Crippen molar-refractivity contribution in [2.24, 2.45) is 0 Å². The fourth-order valence-electron chi connectivity index (χ4n) is 0.999. The molecule has 1 unspecified atom stereocenters. The Morgan fingerprint density at radius 3 is 2.58 bits per heavy atom. The maximum Gasteiger partial charge on any atom is 0.00840 e. The Balaban J connectivity index is 0.00000121. The predicted molar refractivity (Wildman–Crippen MR) is 58.5 cm³/mol. The van der Waals surface area contributed by atoms with Crippen molar-refractivity contribution in [3.63, 3.8) is 0 Å². The van der Waals surface area contributed by atoms with Gasteiger partial charge in [-0.15, -0.1) is 23.7 Å². The molecule has 1 aromatic rings. The third-order valence-corrected chi connectivity index (χ3v) is 2.82. The van der Waals surface area contributed by atoms with Gasteiger partial charge in [-0.3, -0.25) is 0 Å². The van der Waals surface area contributed by atoms with Crippen molar-refractivity contribution in [1.82, 2.24) is 5.32 Å². The number of hydrogen-bond donors (Lipinski definition) is 1. The zero-order chi connectivity index (χ0) is 8.27. The molecule has 12 heavy (non-hydrogen) atoms. The zero-order valence-corrected chi connectivity index (χ0v) is 9.39. The molecule has 1 rings (SSSR count). The minimum atomic E-state index is 0. The quantitative estimate of drug-likeness (QED) is 0.800. The summed E-state index contributed by atoms with van der Waals surface area (Å²) in [5.41, 5.74) is 0.